The molecule has 0 aliphatic heterocycles. The van der Waals surface area contributed by atoms with Crippen molar-refractivity contribution >= 4 is 11.8 Å². The molecule has 0 fully saturated rings. The first kappa shape index (κ1) is 10.2. The van der Waals surface area contributed by atoms with Gasteiger partial charge in [0.05, 0.1) is 0 Å². The van der Waals surface area contributed by atoms with Gasteiger partial charge in [-0.1, -0.05) is 35.9 Å². The fraction of sp³-hybridized carbons (Fsp3) is 0.125. The molecular weight excluding hydrogens is 206 g/mol. The van der Waals surface area contributed by atoms with E-state index in [0.29, 0.717) is 0 Å². The second kappa shape index (κ2) is 3.77. The summed E-state index contributed by atoms with van der Waals surface area (Å²) in [5.41, 5.74) is 13.2. The Balaban J connectivity index is 2.05. The first-order valence-corrected chi connectivity index (χ1v) is 5.88. The van der Waals surface area contributed by atoms with E-state index in [1.54, 1.807) is 0 Å². The maximum atomic E-state index is 5.70. The van der Waals surface area contributed by atoms with Gasteiger partial charge in [-0.3, -0.25) is 0 Å². The minimum absolute atomic E-state index is 0.811. The summed E-state index contributed by atoms with van der Waals surface area (Å²) in [6, 6.07) is 14.7. The predicted molar refractivity (Wildman–Crippen MR) is 73.6 cm³/mol. The summed E-state index contributed by atoms with van der Waals surface area (Å²) in [6.45, 7) is 2.18. The maximum absolute atomic E-state index is 5.70. The lowest BCUT2D eigenvalue weighted by Gasteiger charge is -2.05. The molecule has 0 atom stereocenters. The number of fused-ring (bicyclic) bond motifs is 1. The second-order valence-corrected chi connectivity index (χ2v) is 4.70. The van der Waals surface area contributed by atoms with E-state index in [1.807, 2.05) is 12.1 Å². The lowest BCUT2D eigenvalue weighted by atomic mass is 10.0. The number of benzene rings is 2. The third-order valence-corrected chi connectivity index (χ3v) is 3.26. The molecule has 1 nitrogen and oxygen atoms in total. The summed E-state index contributed by atoms with van der Waals surface area (Å²) < 4.78 is 0. The molecule has 84 valence electrons. The number of rotatable bonds is 1. The van der Waals surface area contributed by atoms with Crippen LogP contribution in [0.1, 0.15) is 18.1 Å². The molecule has 1 aliphatic rings. The standard InChI is InChI=1S/C16H15N/c1-11-8-13-2-3-14(10-15(13)9-11)12-4-6-16(17)7-5-12/h2-7,9-10H,8,17H2,1H3. The Kier molecular flexibility index (Phi) is 2.25. The highest BCUT2D eigenvalue weighted by Crippen LogP contribution is 2.29. The smallest absolute Gasteiger partial charge is 0.0314 e. The van der Waals surface area contributed by atoms with E-state index in [-0.39, 0.29) is 0 Å². The molecule has 0 saturated carbocycles. The van der Waals surface area contributed by atoms with Crippen LogP contribution in [0.15, 0.2) is 48.0 Å². The molecule has 0 aromatic heterocycles. The van der Waals surface area contributed by atoms with E-state index in [2.05, 4.69) is 43.3 Å². The Bertz CT molecular complexity index is 591. The van der Waals surface area contributed by atoms with Crippen LogP contribution in [0.4, 0.5) is 5.69 Å². The van der Waals surface area contributed by atoms with Crippen molar-refractivity contribution in [3.05, 3.63) is 59.2 Å². The van der Waals surface area contributed by atoms with Gasteiger partial charge < -0.3 is 5.73 Å². The monoisotopic (exact) mass is 221 g/mol. The van der Waals surface area contributed by atoms with Crippen LogP contribution in [-0.4, -0.2) is 0 Å². The Labute approximate surface area is 102 Å². The highest BCUT2D eigenvalue weighted by molar-refractivity contribution is 5.73. The minimum atomic E-state index is 0.811. The summed E-state index contributed by atoms with van der Waals surface area (Å²) in [5, 5.41) is 0. The molecule has 3 rings (SSSR count). The number of hydrogen-bond donors (Lipinski definition) is 1. The molecule has 0 heterocycles. The summed E-state index contributed by atoms with van der Waals surface area (Å²) >= 11 is 0. The Morgan fingerprint density at radius 1 is 0.941 bits per heavy atom. The van der Waals surface area contributed by atoms with Crippen LogP contribution in [0.3, 0.4) is 0 Å². The van der Waals surface area contributed by atoms with Crippen LogP contribution in [0.5, 0.6) is 0 Å². The van der Waals surface area contributed by atoms with Gasteiger partial charge in [-0.2, -0.15) is 0 Å². The molecule has 2 aromatic rings. The van der Waals surface area contributed by atoms with Crippen LogP contribution in [-0.2, 0) is 6.42 Å². The molecule has 0 radical (unpaired) electrons. The molecule has 0 bridgehead atoms. The third kappa shape index (κ3) is 1.84. The highest BCUT2D eigenvalue weighted by Gasteiger charge is 2.10. The Hall–Kier alpha value is -2.02. The quantitative estimate of drug-likeness (QED) is 0.726. The van der Waals surface area contributed by atoms with Crippen LogP contribution < -0.4 is 5.73 Å². The van der Waals surface area contributed by atoms with Gasteiger partial charge in [0.15, 0.2) is 0 Å². The average Bonchev–Trinajstić information content (AvgIpc) is 2.69. The average molecular weight is 221 g/mol. The maximum Gasteiger partial charge on any atom is 0.0314 e. The van der Waals surface area contributed by atoms with Gasteiger partial charge in [-0.05, 0) is 53.8 Å². The zero-order chi connectivity index (χ0) is 11.8. The van der Waals surface area contributed by atoms with Gasteiger partial charge in [0.25, 0.3) is 0 Å². The van der Waals surface area contributed by atoms with Crippen molar-refractivity contribution in [1.29, 1.82) is 0 Å². The van der Waals surface area contributed by atoms with Gasteiger partial charge >= 0.3 is 0 Å². The normalized spacial score (nSPS) is 13.4. The largest absolute Gasteiger partial charge is 0.399 e. The van der Waals surface area contributed by atoms with Gasteiger partial charge in [-0.15, -0.1) is 0 Å². The van der Waals surface area contributed by atoms with Crippen LogP contribution in [0, 0.1) is 0 Å². The van der Waals surface area contributed by atoms with E-state index in [1.165, 1.54) is 27.8 Å². The SMILES string of the molecule is CC1=Cc2cc(-c3ccc(N)cc3)ccc2C1. The molecule has 0 saturated heterocycles. The molecular formula is C16H15N. The van der Waals surface area contributed by atoms with E-state index in [4.69, 9.17) is 5.73 Å². The number of nitrogens with two attached hydrogens (primary N) is 1. The highest BCUT2D eigenvalue weighted by atomic mass is 14.5. The first-order chi connectivity index (χ1) is 8.22. The van der Waals surface area contributed by atoms with E-state index < -0.39 is 0 Å². The molecule has 0 spiro atoms. The zero-order valence-corrected chi connectivity index (χ0v) is 9.90. The van der Waals surface area contributed by atoms with E-state index >= 15 is 0 Å². The number of nitrogen functional groups attached to an aromatic ring is 1. The minimum Gasteiger partial charge on any atom is -0.399 e. The van der Waals surface area contributed by atoms with Gasteiger partial charge in [0.1, 0.15) is 0 Å². The van der Waals surface area contributed by atoms with Crippen molar-refractivity contribution < 1.29 is 0 Å². The van der Waals surface area contributed by atoms with Crippen molar-refractivity contribution in [1.82, 2.24) is 0 Å². The summed E-state index contributed by atoms with van der Waals surface area (Å²) in [6.07, 6.45) is 3.37. The van der Waals surface area contributed by atoms with Crippen LogP contribution in [0.25, 0.3) is 17.2 Å². The lowest BCUT2D eigenvalue weighted by Crippen LogP contribution is -1.86. The van der Waals surface area contributed by atoms with Crippen molar-refractivity contribution in [3.63, 3.8) is 0 Å². The summed E-state index contributed by atoms with van der Waals surface area (Å²) in [7, 11) is 0. The fourth-order valence-electron chi connectivity index (χ4n) is 2.36. The fourth-order valence-corrected chi connectivity index (χ4v) is 2.36. The number of hydrogen-bond acceptors (Lipinski definition) is 1. The molecule has 17 heavy (non-hydrogen) atoms. The van der Waals surface area contributed by atoms with E-state index in [0.717, 1.165) is 12.1 Å². The van der Waals surface area contributed by atoms with Crippen LogP contribution >= 0.6 is 0 Å². The number of allylic oxidation sites excluding steroid dienone is 1. The van der Waals surface area contributed by atoms with Crippen molar-refractivity contribution in [2.24, 2.45) is 0 Å². The second-order valence-electron chi connectivity index (χ2n) is 4.70. The molecule has 2 aromatic carbocycles. The van der Waals surface area contributed by atoms with Crippen molar-refractivity contribution in [3.8, 4) is 11.1 Å². The Morgan fingerprint density at radius 3 is 2.41 bits per heavy atom. The molecule has 0 unspecified atom stereocenters. The summed E-state index contributed by atoms with van der Waals surface area (Å²) in [5.74, 6) is 0. The summed E-state index contributed by atoms with van der Waals surface area (Å²) in [4.78, 5) is 0. The molecule has 0 amide bonds. The van der Waals surface area contributed by atoms with Gasteiger partial charge in [0.2, 0.25) is 0 Å². The molecule has 1 aliphatic carbocycles. The van der Waals surface area contributed by atoms with Crippen LogP contribution in [0.2, 0.25) is 0 Å². The van der Waals surface area contributed by atoms with Gasteiger partial charge in [-0.25, -0.2) is 0 Å². The topological polar surface area (TPSA) is 26.0 Å². The Morgan fingerprint density at radius 2 is 1.65 bits per heavy atom. The number of anilines is 1. The lowest BCUT2D eigenvalue weighted by molar-refractivity contribution is 1.20. The molecule has 2 N–H and O–H groups in total. The van der Waals surface area contributed by atoms with Gasteiger partial charge in [0, 0.05) is 5.69 Å². The zero-order valence-electron chi connectivity index (χ0n) is 9.90. The molecule has 1 heteroatoms. The van der Waals surface area contributed by atoms with E-state index in [9.17, 15) is 0 Å². The van der Waals surface area contributed by atoms with Crippen molar-refractivity contribution in [2.45, 2.75) is 13.3 Å². The third-order valence-electron chi connectivity index (χ3n) is 3.26. The first-order valence-electron chi connectivity index (χ1n) is 5.88. The predicted octanol–water partition coefficient (Wildman–Crippen LogP) is 3.90. The van der Waals surface area contributed by atoms with Crippen molar-refractivity contribution in [2.75, 3.05) is 5.73 Å².